The minimum absolute atomic E-state index is 0.296. The van der Waals surface area contributed by atoms with E-state index in [-0.39, 0.29) is 5.82 Å². The number of hydrogen-bond acceptors (Lipinski definition) is 2. The van der Waals surface area contributed by atoms with Gasteiger partial charge in [0.1, 0.15) is 5.82 Å². The number of hydrogen-bond donors (Lipinski definition) is 0. The molecule has 0 aliphatic rings. The zero-order chi connectivity index (χ0) is 13.2. The predicted molar refractivity (Wildman–Crippen MR) is 71.4 cm³/mol. The Kier molecular flexibility index (Phi) is 2.73. The fourth-order valence-corrected chi connectivity index (χ4v) is 1.97. The van der Waals surface area contributed by atoms with Crippen LogP contribution in [-0.2, 0) is 0 Å². The third kappa shape index (κ3) is 2.06. The molecule has 0 unspecified atom stereocenters. The first kappa shape index (κ1) is 11.4. The highest BCUT2D eigenvalue weighted by Gasteiger charge is 2.06. The second-order valence-corrected chi connectivity index (χ2v) is 4.04. The molecule has 0 fully saturated rings. The average molecular weight is 251 g/mol. The van der Waals surface area contributed by atoms with Gasteiger partial charge in [0.25, 0.3) is 0 Å². The third-order valence-corrected chi connectivity index (χ3v) is 2.78. The van der Waals surface area contributed by atoms with Gasteiger partial charge in [0.15, 0.2) is 0 Å². The number of rotatable bonds is 1. The van der Waals surface area contributed by atoms with Gasteiger partial charge in [-0.15, -0.1) is 5.92 Å². The van der Waals surface area contributed by atoms with E-state index in [1.807, 2.05) is 12.3 Å². The fourth-order valence-electron chi connectivity index (χ4n) is 1.97. The van der Waals surface area contributed by atoms with E-state index in [2.05, 4.69) is 21.9 Å². The minimum Gasteiger partial charge on any atom is -0.256 e. The lowest BCUT2D eigenvalue weighted by Crippen LogP contribution is -1.96. The lowest BCUT2D eigenvalue weighted by atomic mass is 10.2. The molecule has 0 aliphatic carbocycles. The number of nitrogens with zero attached hydrogens (tertiary/aromatic N) is 3. The topological polar surface area (TPSA) is 30.7 Å². The summed E-state index contributed by atoms with van der Waals surface area (Å²) in [5, 5.41) is 5.12. The van der Waals surface area contributed by atoms with Crippen LogP contribution in [-0.4, -0.2) is 14.8 Å². The molecule has 2 heterocycles. The van der Waals surface area contributed by atoms with E-state index in [0.29, 0.717) is 5.52 Å². The standard InChI is InChI=1S/C15H10FN3/c1-2-3-11-9-18-19(10-11)15-6-7-17-14-8-12(16)4-5-13(14)15/h4-10H,1H3. The Balaban J connectivity index is 2.20. The summed E-state index contributed by atoms with van der Waals surface area (Å²) in [6, 6.07) is 6.38. The molecule has 0 aliphatic heterocycles. The van der Waals surface area contributed by atoms with Crippen LogP contribution in [0.15, 0.2) is 42.9 Å². The van der Waals surface area contributed by atoms with Crippen LogP contribution < -0.4 is 0 Å². The van der Waals surface area contributed by atoms with Crippen molar-refractivity contribution in [1.29, 1.82) is 0 Å². The van der Waals surface area contributed by atoms with E-state index in [9.17, 15) is 4.39 Å². The Bertz CT molecular complexity index is 809. The van der Waals surface area contributed by atoms with Gasteiger partial charge in [-0.3, -0.25) is 4.98 Å². The predicted octanol–water partition coefficient (Wildman–Crippen LogP) is 2.93. The first-order chi connectivity index (χ1) is 9.28. The zero-order valence-electron chi connectivity index (χ0n) is 10.3. The molecular weight excluding hydrogens is 241 g/mol. The third-order valence-electron chi connectivity index (χ3n) is 2.78. The smallest absolute Gasteiger partial charge is 0.125 e. The average Bonchev–Trinajstić information content (AvgIpc) is 2.86. The van der Waals surface area contributed by atoms with Crippen LogP contribution in [0.2, 0.25) is 0 Å². The van der Waals surface area contributed by atoms with Gasteiger partial charge in [-0.1, -0.05) is 5.92 Å². The van der Waals surface area contributed by atoms with Crippen molar-refractivity contribution in [2.75, 3.05) is 0 Å². The van der Waals surface area contributed by atoms with Gasteiger partial charge in [-0.05, 0) is 25.1 Å². The van der Waals surface area contributed by atoms with Gasteiger partial charge in [0.05, 0.1) is 23.0 Å². The molecule has 3 rings (SSSR count). The van der Waals surface area contributed by atoms with Gasteiger partial charge in [0, 0.05) is 23.8 Å². The summed E-state index contributed by atoms with van der Waals surface area (Å²) in [4.78, 5) is 4.16. The Labute approximate surface area is 109 Å². The van der Waals surface area contributed by atoms with E-state index in [1.54, 1.807) is 30.1 Å². The molecule has 1 aromatic carbocycles. The van der Waals surface area contributed by atoms with Crippen molar-refractivity contribution in [3.63, 3.8) is 0 Å². The van der Waals surface area contributed by atoms with Crippen LogP contribution in [0.3, 0.4) is 0 Å². The first-order valence-electron chi connectivity index (χ1n) is 5.80. The van der Waals surface area contributed by atoms with E-state index >= 15 is 0 Å². The molecule has 0 radical (unpaired) electrons. The molecule has 2 aromatic heterocycles. The van der Waals surface area contributed by atoms with Gasteiger partial charge in [-0.2, -0.15) is 5.10 Å². The Morgan fingerprint density at radius 2 is 2.16 bits per heavy atom. The van der Waals surface area contributed by atoms with Gasteiger partial charge in [0.2, 0.25) is 0 Å². The van der Waals surface area contributed by atoms with E-state index in [4.69, 9.17) is 0 Å². The maximum atomic E-state index is 13.2. The molecule has 0 spiro atoms. The maximum absolute atomic E-state index is 13.2. The Morgan fingerprint density at radius 3 is 3.00 bits per heavy atom. The summed E-state index contributed by atoms with van der Waals surface area (Å²) in [5.41, 5.74) is 2.31. The molecular formula is C15H10FN3. The van der Waals surface area contributed by atoms with Crippen molar-refractivity contribution in [2.24, 2.45) is 0 Å². The second-order valence-electron chi connectivity index (χ2n) is 4.04. The Hall–Kier alpha value is -2.67. The highest BCUT2D eigenvalue weighted by Crippen LogP contribution is 2.21. The van der Waals surface area contributed by atoms with E-state index in [1.165, 1.54) is 12.1 Å². The van der Waals surface area contributed by atoms with Crippen LogP contribution in [0, 0.1) is 17.7 Å². The molecule has 4 heteroatoms. The maximum Gasteiger partial charge on any atom is 0.125 e. The number of halogens is 1. The van der Waals surface area contributed by atoms with Gasteiger partial charge in [-0.25, -0.2) is 9.07 Å². The van der Waals surface area contributed by atoms with Crippen molar-refractivity contribution >= 4 is 10.9 Å². The van der Waals surface area contributed by atoms with Crippen LogP contribution in [0.25, 0.3) is 16.6 Å². The van der Waals surface area contributed by atoms with Crippen molar-refractivity contribution in [1.82, 2.24) is 14.8 Å². The van der Waals surface area contributed by atoms with Crippen LogP contribution in [0.1, 0.15) is 12.5 Å². The van der Waals surface area contributed by atoms with Crippen molar-refractivity contribution in [3.8, 4) is 17.5 Å². The monoisotopic (exact) mass is 251 g/mol. The molecule has 3 aromatic rings. The van der Waals surface area contributed by atoms with Crippen LogP contribution in [0.4, 0.5) is 4.39 Å². The van der Waals surface area contributed by atoms with Crippen molar-refractivity contribution < 1.29 is 4.39 Å². The summed E-state index contributed by atoms with van der Waals surface area (Å²) >= 11 is 0. The van der Waals surface area contributed by atoms with Crippen molar-refractivity contribution in [2.45, 2.75) is 6.92 Å². The molecule has 0 amide bonds. The zero-order valence-corrected chi connectivity index (χ0v) is 10.3. The summed E-state index contributed by atoms with van der Waals surface area (Å²) in [7, 11) is 0. The number of benzene rings is 1. The number of pyridine rings is 1. The summed E-state index contributed by atoms with van der Waals surface area (Å²) in [6.45, 7) is 1.78. The molecule has 92 valence electrons. The fraction of sp³-hybridized carbons (Fsp3) is 0.0667. The highest BCUT2D eigenvalue weighted by molar-refractivity contribution is 5.86. The lowest BCUT2D eigenvalue weighted by Gasteiger charge is -2.05. The van der Waals surface area contributed by atoms with Crippen molar-refractivity contribution in [3.05, 3.63) is 54.2 Å². The quantitative estimate of drug-likeness (QED) is 0.622. The molecule has 19 heavy (non-hydrogen) atoms. The van der Waals surface area contributed by atoms with Gasteiger partial charge >= 0.3 is 0 Å². The number of fused-ring (bicyclic) bond motifs is 1. The van der Waals surface area contributed by atoms with Crippen LogP contribution in [0.5, 0.6) is 0 Å². The van der Waals surface area contributed by atoms with Gasteiger partial charge < -0.3 is 0 Å². The molecule has 0 atom stereocenters. The summed E-state index contributed by atoms with van der Waals surface area (Å²) in [5.74, 6) is 5.48. The van der Waals surface area contributed by atoms with Crippen LogP contribution >= 0.6 is 0 Å². The highest BCUT2D eigenvalue weighted by atomic mass is 19.1. The summed E-state index contributed by atoms with van der Waals surface area (Å²) < 4.78 is 14.9. The second kappa shape index (κ2) is 4.54. The first-order valence-corrected chi connectivity index (χ1v) is 5.80. The summed E-state index contributed by atoms with van der Waals surface area (Å²) in [6.07, 6.45) is 5.19. The molecule has 3 nitrogen and oxygen atoms in total. The Morgan fingerprint density at radius 1 is 1.26 bits per heavy atom. The SMILES string of the molecule is CC#Cc1cnn(-c2ccnc3cc(F)ccc23)c1. The number of aromatic nitrogens is 3. The van der Waals surface area contributed by atoms with E-state index in [0.717, 1.165) is 16.6 Å². The normalized spacial score (nSPS) is 10.2. The molecule has 0 saturated carbocycles. The molecule has 0 N–H and O–H groups in total. The minimum atomic E-state index is -0.296. The largest absolute Gasteiger partial charge is 0.256 e. The lowest BCUT2D eigenvalue weighted by molar-refractivity contribution is 0.629. The van der Waals surface area contributed by atoms with E-state index < -0.39 is 0 Å². The molecule has 0 bridgehead atoms. The molecule has 0 saturated heterocycles.